The molecule has 3 aromatic rings. The zero-order valence-electron chi connectivity index (χ0n) is 14.1. The predicted molar refractivity (Wildman–Crippen MR) is 109 cm³/mol. The third kappa shape index (κ3) is 4.92. The van der Waals surface area contributed by atoms with Gasteiger partial charge >= 0.3 is 0 Å². The van der Waals surface area contributed by atoms with Gasteiger partial charge in [0.25, 0.3) is 11.5 Å². The number of pyridine rings is 1. The highest BCUT2D eigenvalue weighted by Gasteiger charge is 2.12. The van der Waals surface area contributed by atoms with Crippen molar-refractivity contribution in [3.63, 3.8) is 0 Å². The number of halogens is 3. The van der Waals surface area contributed by atoms with Gasteiger partial charge in [0.05, 0.1) is 12.1 Å². The number of hydrogen-bond donors (Lipinski definition) is 1. The highest BCUT2D eigenvalue weighted by molar-refractivity contribution is 6.35. The number of nitrogens with one attached hydrogen (secondary N) is 1. The fourth-order valence-corrected chi connectivity index (χ4v) is 3.25. The first-order valence-corrected chi connectivity index (χ1v) is 9.23. The molecular weight excluding hydrogens is 407 g/mol. The second-order valence-corrected chi connectivity index (χ2v) is 7.16. The average molecular weight is 422 g/mol. The zero-order chi connectivity index (χ0) is 19.4. The Morgan fingerprint density at radius 3 is 2.41 bits per heavy atom. The van der Waals surface area contributed by atoms with Gasteiger partial charge in [-0.15, -0.1) is 0 Å². The van der Waals surface area contributed by atoms with Crippen LogP contribution in [-0.2, 0) is 13.1 Å². The fourth-order valence-electron chi connectivity index (χ4n) is 2.55. The van der Waals surface area contributed by atoms with E-state index < -0.39 is 5.56 Å². The molecule has 1 N–H and O–H groups in total. The SMILES string of the molecule is O=C(NCc1ccccc1)c1cc(Cl)c(=O)n(Cc2ccc(Cl)cc2Cl)c1. The van der Waals surface area contributed by atoms with Crippen LogP contribution >= 0.6 is 34.8 Å². The van der Waals surface area contributed by atoms with Crippen molar-refractivity contribution in [3.05, 3.63) is 103 Å². The van der Waals surface area contributed by atoms with E-state index >= 15 is 0 Å². The lowest BCUT2D eigenvalue weighted by Gasteiger charge is -2.11. The van der Waals surface area contributed by atoms with Gasteiger partial charge in [-0.1, -0.05) is 71.2 Å². The standard InChI is InChI=1S/C20H15Cl3N2O2/c21-16-7-6-14(17(22)9-16)11-25-12-15(8-18(23)20(25)27)19(26)24-10-13-4-2-1-3-5-13/h1-9,12H,10-11H2,(H,24,26). The molecule has 1 heterocycles. The highest BCUT2D eigenvalue weighted by atomic mass is 35.5. The molecule has 0 fully saturated rings. The van der Waals surface area contributed by atoms with Crippen LogP contribution in [0.25, 0.3) is 0 Å². The Morgan fingerprint density at radius 1 is 0.963 bits per heavy atom. The smallest absolute Gasteiger partial charge is 0.269 e. The molecule has 0 saturated heterocycles. The normalized spacial score (nSPS) is 10.6. The van der Waals surface area contributed by atoms with Crippen LogP contribution in [0.1, 0.15) is 21.5 Å². The molecule has 0 radical (unpaired) electrons. The molecule has 1 amide bonds. The van der Waals surface area contributed by atoms with Gasteiger partial charge in [0.2, 0.25) is 0 Å². The lowest BCUT2D eigenvalue weighted by Crippen LogP contribution is -2.27. The molecule has 3 rings (SSSR count). The zero-order valence-corrected chi connectivity index (χ0v) is 16.4. The molecule has 138 valence electrons. The van der Waals surface area contributed by atoms with E-state index in [0.29, 0.717) is 27.7 Å². The maximum absolute atomic E-state index is 12.5. The summed E-state index contributed by atoms with van der Waals surface area (Å²) in [7, 11) is 0. The summed E-state index contributed by atoms with van der Waals surface area (Å²) in [6.07, 6.45) is 1.47. The molecule has 27 heavy (non-hydrogen) atoms. The summed E-state index contributed by atoms with van der Waals surface area (Å²) in [6.45, 7) is 0.549. The number of hydrogen-bond acceptors (Lipinski definition) is 2. The third-order valence-electron chi connectivity index (χ3n) is 3.96. The summed E-state index contributed by atoms with van der Waals surface area (Å²) in [5.74, 6) is -0.322. The summed E-state index contributed by atoms with van der Waals surface area (Å²) >= 11 is 18.1. The van der Waals surface area contributed by atoms with Crippen LogP contribution in [0.3, 0.4) is 0 Å². The summed E-state index contributed by atoms with van der Waals surface area (Å²) < 4.78 is 1.36. The monoisotopic (exact) mass is 420 g/mol. The molecule has 0 bridgehead atoms. The van der Waals surface area contributed by atoms with Crippen LogP contribution in [0.2, 0.25) is 15.1 Å². The Bertz CT molecular complexity index is 1030. The quantitative estimate of drug-likeness (QED) is 0.644. The first-order chi connectivity index (χ1) is 12.9. The van der Waals surface area contributed by atoms with E-state index in [2.05, 4.69) is 5.32 Å². The van der Waals surface area contributed by atoms with Gasteiger partial charge in [-0.05, 0) is 29.3 Å². The fraction of sp³-hybridized carbons (Fsp3) is 0.100. The maximum Gasteiger partial charge on any atom is 0.269 e. The number of nitrogens with zero attached hydrogens (tertiary/aromatic N) is 1. The van der Waals surface area contributed by atoms with Gasteiger partial charge in [-0.2, -0.15) is 0 Å². The minimum Gasteiger partial charge on any atom is -0.348 e. The van der Waals surface area contributed by atoms with E-state index in [4.69, 9.17) is 34.8 Å². The van der Waals surface area contributed by atoms with E-state index in [-0.39, 0.29) is 17.5 Å². The minimum atomic E-state index is -0.401. The van der Waals surface area contributed by atoms with E-state index in [1.165, 1.54) is 16.8 Å². The van der Waals surface area contributed by atoms with Crippen molar-refractivity contribution in [1.82, 2.24) is 9.88 Å². The molecule has 1 aromatic heterocycles. The van der Waals surface area contributed by atoms with Crippen molar-refractivity contribution in [2.24, 2.45) is 0 Å². The third-order valence-corrected chi connectivity index (χ3v) is 4.81. The first-order valence-electron chi connectivity index (χ1n) is 8.10. The van der Waals surface area contributed by atoms with Crippen LogP contribution in [0.15, 0.2) is 65.6 Å². The highest BCUT2D eigenvalue weighted by Crippen LogP contribution is 2.21. The second-order valence-electron chi connectivity index (χ2n) is 5.91. The Balaban J connectivity index is 1.83. The van der Waals surface area contributed by atoms with Gasteiger partial charge in [-0.25, -0.2) is 0 Å². The molecule has 0 aliphatic rings. The van der Waals surface area contributed by atoms with Gasteiger partial charge in [0.15, 0.2) is 0 Å². The van der Waals surface area contributed by atoms with Crippen LogP contribution in [0, 0.1) is 0 Å². The van der Waals surface area contributed by atoms with Crippen molar-refractivity contribution in [3.8, 4) is 0 Å². The van der Waals surface area contributed by atoms with Crippen molar-refractivity contribution in [1.29, 1.82) is 0 Å². The number of carbonyl (C=O) groups excluding carboxylic acids is 1. The molecular formula is C20H15Cl3N2O2. The Kier molecular flexibility index (Phi) is 6.22. The number of carbonyl (C=O) groups is 1. The van der Waals surface area contributed by atoms with Crippen molar-refractivity contribution in [2.45, 2.75) is 13.1 Å². The molecule has 0 aliphatic carbocycles. The van der Waals surface area contributed by atoms with Crippen LogP contribution in [-0.4, -0.2) is 10.5 Å². The van der Waals surface area contributed by atoms with Gasteiger partial charge in [0.1, 0.15) is 5.02 Å². The minimum absolute atomic E-state index is 0.0348. The summed E-state index contributed by atoms with van der Waals surface area (Å²) in [5.41, 5.74) is 1.56. The van der Waals surface area contributed by atoms with Crippen molar-refractivity contribution in [2.75, 3.05) is 0 Å². The van der Waals surface area contributed by atoms with Crippen molar-refractivity contribution < 1.29 is 4.79 Å². The number of benzene rings is 2. The number of rotatable bonds is 5. The Labute approximate surface area is 171 Å². The molecule has 0 aliphatic heterocycles. The van der Waals surface area contributed by atoms with E-state index in [1.807, 2.05) is 30.3 Å². The van der Waals surface area contributed by atoms with Crippen LogP contribution < -0.4 is 10.9 Å². The van der Waals surface area contributed by atoms with E-state index in [9.17, 15) is 9.59 Å². The number of amides is 1. The molecule has 7 heteroatoms. The summed E-state index contributed by atoms with van der Waals surface area (Å²) in [5, 5.41) is 3.72. The molecule has 0 saturated carbocycles. The molecule has 0 spiro atoms. The molecule has 0 atom stereocenters. The second kappa shape index (κ2) is 8.61. The van der Waals surface area contributed by atoms with Crippen LogP contribution in [0.4, 0.5) is 0 Å². The maximum atomic E-state index is 12.5. The van der Waals surface area contributed by atoms with Gasteiger partial charge < -0.3 is 9.88 Å². The topological polar surface area (TPSA) is 51.1 Å². The summed E-state index contributed by atoms with van der Waals surface area (Å²) in [6, 6.07) is 15.9. The van der Waals surface area contributed by atoms with E-state index in [1.54, 1.807) is 18.2 Å². The Morgan fingerprint density at radius 2 is 1.70 bits per heavy atom. The summed E-state index contributed by atoms with van der Waals surface area (Å²) in [4.78, 5) is 24.8. The van der Waals surface area contributed by atoms with Gasteiger partial charge in [0, 0.05) is 22.8 Å². The molecule has 2 aromatic carbocycles. The van der Waals surface area contributed by atoms with Crippen molar-refractivity contribution >= 4 is 40.7 Å². The first kappa shape index (κ1) is 19.5. The number of aromatic nitrogens is 1. The average Bonchev–Trinajstić information content (AvgIpc) is 2.66. The lowest BCUT2D eigenvalue weighted by atomic mass is 10.2. The molecule has 0 unspecified atom stereocenters. The Hall–Kier alpha value is -2.27. The largest absolute Gasteiger partial charge is 0.348 e. The van der Waals surface area contributed by atoms with Gasteiger partial charge in [-0.3, -0.25) is 9.59 Å². The van der Waals surface area contributed by atoms with E-state index in [0.717, 1.165) is 5.56 Å². The lowest BCUT2D eigenvalue weighted by molar-refractivity contribution is 0.0950. The molecule has 4 nitrogen and oxygen atoms in total. The predicted octanol–water partition coefficient (Wildman–Crippen LogP) is 4.79. The van der Waals surface area contributed by atoms with Crippen LogP contribution in [0.5, 0.6) is 0 Å².